The van der Waals surface area contributed by atoms with Crippen molar-refractivity contribution in [3.05, 3.63) is 12.7 Å². The van der Waals surface area contributed by atoms with Crippen LogP contribution in [0.5, 0.6) is 0 Å². The average molecular weight is 153 g/mol. The van der Waals surface area contributed by atoms with Crippen LogP contribution in [-0.2, 0) is 9.53 Å². The Hall–Kier alpha value is -1.14. The quantitative estimate of drug-likeness (QED) is 0.436. The van der Waals surface area contributed by atoms with Crippen LogP contribution in [0.25, 0.3) is 0 Å². The van der Waals surface area contributed by atoms with Crippen LogP contribution in [0.1, 0.15) is 6.92 Å². The van der Waals surface area contributed by atoms with Crippen LogP contribution < -0.4 is 0 Å². The summed E-state index contributed by atoms with van der Waals surface area (Å²) in [5.41, 5.74) is 0. The van der Waals surface area contributed by atoms with Gasteiger partial charge in [-0.25, -0.2) is 0 Å². The summed E-state index contributed by atoms with van der Waals surface area (Å²) in [5, 5.41) is 8.41. The van der Waals surface area contributed by atoms with E-state index in [1.807, 2.05) is 6.07 Å². The first-order chi connectivity index (χ1) is 5.26. The molecule has 0 aromatic heterocycles. The third-order valence-electron chi connectivity index (χ3n) is 1.28. The number of aldehydes is 1. The second-order valence-corrected chi connectivity index (χ2v) is 2.12. The maximum atomic E-state index is 10.2. The highest BCUT2D eigenvalue weighted by Crippen LogP contribution is 2.02. The van der Waals surface area contributed by atoms with Gasteiger partial charge in [0.2, 0.25) is 0 Å². The summed E-state index contributed by atoms with van der Waals surface area (Å²) in [6.45, 7) is 5.50. The fourth-order valence-electron chi connectivity index (χ4n) is 0.570. The molecule has 0 saturated heterocycles. The van der Waals surface area contributed by atoms with Gasteiger partial charge in [-0.3, -0.25) is 0 Å². The molecule has 0 heterocycles. The van der Waals surface area contributed by atoms with Gasteiger partial charge in [-0.15, -0.1) is 6.58 Å². The molecule has 0 bridgehead atoms. The molecule has 3 heteroatoms. The molecular weight excluding hydrogens is 142 g/mol. The van der Waals surface area contributed by atoms with Crippen LogP contribution in [0.4, 0.5) is 0 Å². The number of hydrogen-bond donors (Lipinski definition) is 0. The number of nitriles is 1. The Balaban J connectivity index is 3.80. The molecule has 0 fully saturated rings. The third-order valence-corrected chi connectivity index (χ3v) is 1.28. The van der Waals surface area contributed by atoms with Crippen LogP contribution in [0.2, 0.25) is 0 Å². The van der Waals surface area contributed by atoms with Gasteiger partial charge in [0.25, 0.3) is 0 Å². The first kappa shape index (κ1) is 9.86. The average Bonchev–Trinajstić information content (AvgIpc) is 2.03. The van der Waals surface area contributed by atoms with Crippen molar-refractivity contribution in [2.24, 2.45) is 5.92 Å². The maximum absolute atomic E-state index is 10.2. The van der Waals surface area contributed by atoms with E-state index in [2.05, 4.69) is 6.58 Å². The standard InChI is InChI=1S/C8H11NO2/c1-3-4-11-7(2)8(5-9)6-10/h3,6-8H,1,4H2,2H3. The third kappa shape index (κ3) is 3.54. The van der Waals surface area contributed by atoms with E-state index in [4.69, 9.17) is 10.00 Å². The van der Waals surface area contributed by atoms with E-state index >= 15 is 0 Å². The summed E-state index contributed by atoms with van der Waals surface area (Å²) in [5.74, 6) is -0.671. The van der Waals surface area contributed by atoms with E-state index in [1.165, 1.54) is 0 Å². The second-order valence-electron chi connectivity index (χ2n) is 2.12. The molecule has 0 saturated carbocycles. The fourth-order valence-corrected chi connectivity index (χ4v) is 0.570. The smallest absolute Gasteiger partial charge is 0.139 e. The highest BCUT2D eigenvalue weighted by atomic mass is 16.5. The van der Waals surface area contributed by atoms with Crippen LogP contribution in [0.3, 0.4) is 0 Å². The SMILES string of the molecule is C=CCOC(C)C(C#N)C=O. The van der Waals surface area contributed by atoms with Crippen LogP contribution in [0.15, 0.2) is 12.7 Å². The molecule has 0 radical (unpaired) electrons. The lowest BCUT2D eigenvalue weighted by atomic mass is 10.1. The van der Waals surface area contributed by atoms with Crippen LogP contribution >= 0.6 is 0 Å². The monoisotopic (exact) mass is 153 g/mol. The minimum absolute atomic E-state index is 0.351. The topological polar surface area (TPSA) is 50.1 Å². The van der Waals surface area contributed by atoms with Gasteiger partial charge >= 0.3 is 0 Å². The second kappa shape index (κ2) is 5.63. The van der Waals surface area contributed by atoms with Gasteiger partial charge in [-0.05, 0) is 6.92 Å². The maximum Gasteiger partial charge on any atom is 0.139 e. The van der Waals surface area contributed by atoms with Gasteiger partial charge in [-0.2, -0.15) is 5.26 Å². The Morgan fingerprint density at radius 1 is 1.82 bits per heavy atom. The molecule has 0 aliphatic rings. The van der Waals surface area contributed by atoms with Crippen molar-refractivity contribution in [1.82, 2.24) is 0 Å². The van der Waals surface area contributed by atoms with Gasteiger partial charge in [0.05, 0.1) is 18.8 Å². The summed E-state index contributed by atoms with van der Waals surface area (Å²) in [4.78, 5) is 10.2. The number of ether oxygens (including phenoxy) is 1. The number of hydrogen-bond acceptors (Lipinski definition) is 3. The molecule has 11 heavy (non-hydrogen) atoms. The highest BCUT2D eigenvalue weighted by molar-refractivity contribution is 5.58. The van der Waals surface area contributed by atoms with Crippen molar-refractivity contribution in [3.63, 3.8) is 0 Å². The largest absolute Gasteiger partial charge is 0.373 e. The molecule has 3 nitrogen and oxygen atoms in total. The Bertz CT molecular complexity index is 171. The Morgan fingerprint density at radius 3 is 2.82 bits per heavy atom. The lowest BCUT2D eigenvalue weighted by Gasteiger charge is -2.11. The zero-order chi connectivity index (χ0) is 8.69. The minimum Gasteiger partial charge on any atom is -0.373 e. The number of carbonyl (C=O) groups is 1. The van der Waals surface area contributed by atoms with Gasteiger partial charge in [0.1, 0.15) is 12.2 Å². The molecule has 0 aliphatic carbocycles. The van der Waals surface area contributed by atoms with Gasteiger partial charge in [0, 0.05) is 0 Å². The number of rotatable bonds is 5. The molecule has 2 atom stereocenters. The van der Waals surface area contributed by atoms with E-state index in [1.54, 1.807) is 13.0 Å². The van der Waals surface area contributed by atoms with Gasteiger partial charge in [0.15, 0.2) is 0 Å². The number of nitrogens with zero attached hydrogens (tertiary/aromatic N) is 1. The van der Waals surface area contributed by atoms with E-state index in [0.29, 0.717) is 12.9 Å². The summed E-state index contributed by atoms with van der Waals surface area (Å²) in [6, 6.07) is 1.83. The molecule has 60 valence electrons. The lowest BCUT2D eigenvalue weighted by Crippen LogP contribution is -2.20. The summed E-state index contributed by atoms with van der Waals surface area (Å²) >= 11 is 0. The molecule has 0 N–H and O–H groups in total. The molecule has 0 aliphatic heterocycles. The zero-order valence-electron chi connectivity index (χ0n) is 6.49. The molecule has 0 amide bonds. The first-order valence-electron chi connectivity index (χ1n) is 3.33. The summed E-state index contributed by atoms with van der Waals surface area (Å²) in [6.07, 6.45) is 1.82. The molecule has 0 aromatic rings. The Morgan fingerprint density at radius 2 is 2.45 bits per heavy atom. The predicted octanol–water partition coefficient (Wildman–Crippen LogP) is 0.916. The molecule has 0 aromatic carbocycles. The molecule has 2 unspecified atom stereocenters. The lowest BCUT2D eigenvalue weighted by molar-refractivity contribution is -0.112. The van der Waals surface area contributed by atoms with Gasteiger partial charge in [-0.1, -0.05) is 6.08 Å². The van der Waals surface area contributed by atoms with Crippen molar-refractivity contribution in [1.29, 1.82) is 5.26 Å². The molecule has 0 rings (SSSR count). The van der Waals surface area contributed by atoms with Crippen molar-refractivity contribution in [3.8, 4) is 6.07 Å². The first-order valence-corrected chi connectivity index (χ1v) is 3.33. The molecular formula is C8H11NO2. The normalized spacial score (nSPS) is 14.5. The van der Waals surface area contributed by atoms with Crippen LogP contribution in [0, 0.1) is 17.2 Å². The Kier molecular flexibility index (Phi) is 5.05. The number of carbonyl (C=O) groups excluding carboxylic acids is 1. The van der Waals surface area contributed by atoms with E-state index in [0.717, 1.165) is 0 Å². The van der Waals surface area contributed by atoms with Gasteiger partial charge < -0.3 is 9.53 Å². The van der Waals surface area contributed by atoms with Crippen molar-refractivity contribution in [2.45, 2.75) is 13.0 Å². The minimum atomic E-state index is -0.671. The van der Waals surface area contributed by atoms with Crippen molar-refractivity contribution < 1.29 is 9.53 Å². The highest BCUT2D eigenvalue weighted by Gasteiger charge is 2.14. The van der Waals surface area contributed by atoms with E-state index in [-0.39, 0.29) is 6.10 Å². The van der Waals surface area contributed by atoms with E-state index in [9.17, 15) is 4.79 Å². The fraction of sp³-hybridized carbons (Fsp3) is 0.500. The van der Waals surface area contributed by atoms with Crippen molar-refractivity contribution >= 4 is 6.29 Å². The van der Waals surface area contributed by atoms with Crippen LogP contribution in [-0.4, -0.2) is 19.0 Å². The summed E-state index contributed by atoms with van der Waals surface area (Å²) in [7, 11) is 0. The van der Waals surface area contributed by atoms with Crippen molar-refractivity contribution in [2.75, 3.05) is 6.61 Å². The zero-order valence-corrected chi connectivity index (χ0v) is 6.49. The predicted molar refractivity (Wildman–Crippen MR) is 40.8 cm³/mol. The molecule has 0 spiro atoms. The summed E-state index contributed by atoms with van der Waals surface area (Å²) < 4.78 is 5.06. The van der Waals surface area contributed by atoms with E-state index < -0.39 is 5.92 Å². The Labute approximate surface area is 66.3 Å².